The molecule has 0 saturated heterocycles. The van der Waals surface area contributed by atoms with E-state index < -0.39 is 29.6 Å². The van der Waals surface area contributed by atoms with Gasteiger partial charge in [-0.3, -0.25) is 10.1 Å². The fourth-order valence-corrected chi connectivity index (χ4v) is 1.84. The molecule has 0 spiro atoms. The first kappa shape index (κ1) is 21.5. The lowest BCUT2D eigenvalue weighted by Gasteiger charge is -2.21. The zero-order valence-corrected chi connectivity index (χ0v) is 16.2. The molecule has 1 atom stereocenters. The van der Waals surface area contributed by atoms with Crippen LogP contribution < -0.4 is 15.4 Å². The highest BCUT2D eigenvalue weighted by atomic mass is 16.5. The second-order valence-electron chi connectivity index (χ2n) is 7.47. The lowest BCUT2D eigenvalue weighted by atomic mass is 10.1. The van der Waals surface area contributed by atoms with Crippen LogP contribution in [0, 0.1) is 5.92 Å². The van der Waals surface area contributed by atoms with Gasteiger partial charge in [0.1, 0.15) is 5.75 Å². The van der Waals surface area contributed by atoms with Gasteiger partial charge in [0.2, 0.25) is 0 Å². The van der Waals surface area contributed by atoms with Gasteiger partial charge in [0.25, 0.3) is 5.91 Å². The Morgan fingerprint density at radius 1 is 1.12 bits per heavy atom. The summed E-state index contributed by atoms with van der Waals surface area (Å²) >= 11 is 0. The fraction of sp³-hybridized carbons (Fsp3) is 0.526. The summed E-state index contributed by atoms with van der Waals surface area (Å²) in [5.41, 5.74) is -0.217. The molecular formula is C19H28N2O5. The van der Waals surface area contributed by atoms with Crippen molar-refractivity contribution in [2.45, 2.75) is 53.2 Å². The van der Waals surface area contributed by atoms with Gasteiger partial charge in [-0.05, 0) is 51.8 Å². The molecule has 0 bridgehead atoms. The van der Waals surface area contributed by atoms with E-state index in [1.165, 1.54) is 6.92 Å². The molecule has 2 N–H and O–H groups in total. The molecule has 0 radical (unpaired) electrons. The molecule has 1 aromatic carbocycles. The first-order valence-electron chi connectivity index (χ1n) is 8.55. The molecule has 0 saturated carbocycles. The maximum atomic E-state index is 12.2. The molecule has 26 heavy (non-hydrogen) atoms. The van der Waals surface area contributed by atoms with Gasteiger partial charge in [-0.2, -0.15) is 0 Å². The van der Waals surface area contributed by atoms with Crippen molar-refractivity contribution in [1.29, 1.82) is 0 Å². The van der Waals surface area contributed by atoms with Crippen molar-refractivity contribution in [1.82, 2.24) is 10.6 Å². The van der Waals surface area contributed by atoms with E-state index >= 15 is 0 Å². The quantitative estimate of drug-likeness (QED) is 0.757. The van der Waals surface area contributed by atoms with Gasteiger partial charge in [-0.15, -0.1) is 0 Å². The number of ether oxygens (including phenoxy) is 2. The lowest BCUT2D eigenvalue weighted by Crippen LogP contribution is -2.50. The van der Waals surface area contributed by atoms with Crippen LogP contribution in [0.2, 0.25) is 0 Å². The van der Waals surface area contributed by atoms with Crippen LogP contribution in [-0.2, 0) is 9.53 Å². The number of urea groups is 1. The van der Waals surface area contributed by atoms with Crippen LogP contribution in [0.25, 0.3) is 0 Å². The van der Waals surface area contributed by atoms with Crippen LogP contribution in [0.15, 0.2) is 24.3 Å². The number of hydrogen-bond donors (Lipinski definition) is 2. The van der Waals surface area contributed by atoms with Crippen LogP contribution in [-0.4, -0.2) is 36.2 Å². The van der Waals surface area contributed by atoms with Crippen LogP contribution in [0.5, 0.6) is 5.75 Å². The monoisotopic (exact) mass is 364 g/mol. The average molecular weight is 364 g/mol. The number of hydrogen-bond acceptors (Lipinski definition) is 5. The van der Waals surface area contributed by atoms with E-state index in [9.17, 15) is 14.4 Å². The van der Waals surface area contributed by atoms with Crippen molar-refractivity contribution in [3.63, 3.8) is 0 Å². The van der Waals surface area contributed by atoms with Crippen molar-refractivity contribution < 1.29 is 23.9 Å². The van der Waals surface area contributed by atoms with Crippen molar-refractivity contribution >= 4 is 17.9 Å². The largest absolute Gasteiger partial charge is 0.493 e. The minimum atomic E-state index is -1.12. The zero-order valence-electron chi connectivity index (χ0n) is 16.2. The Morgan fingerprint density at radius 3 is 2.35 bits per heavy atom. The van der Waals surface area contributed by atoms with Crippen LogP contribution in [0.3, 0.4) is 0 Å². The summed E-state index contributed by atoms with van der Waals surface area (Å²) in [6.45, 7) is 11.3. The molecule has 0 heterocycles. The van der Waals surface area contributed by atoms with E-state index in [2.05, 4.69) is 10.6 Å². The second kappa shape index (κ2) is 9.22. The van der Waals surface area contributed by atoms with E-state index in [0.29, 0.717) is 18.3 Å². The molecule has 1 aromatic rings. The summed E-state index contributed by atoms with van der Waals surface area (Å²) in [5.74, 6) is -0.463. The van der Waals surface area contributed by atoms with Crippen molar-refractivity contribution in [3.8, 4) is 5.75 Å². The Kier molecular flexibility index (Phi) is 7.61. The third-order valence-electron chi connectivity index (χ3n) is 3.03. The Bertz CT molecular complexity index is 650. The van der Waals surface area contributed by atoms with E-state index in [1.807, 2.05) is 13.8 Å². The second-order valence-corrected chi connectivity index (χ2v) is 7.47. The van der Waals surface area contributed by atoms with E-state index in [0.717, 1.165) is 0 Å². The van der Waals surface area contributed by atoms with Crippen LogP contribution in [0.4, 0.5) is 4.79 Å². The summed E-state index contributed by atoms with van der Waals surface area (Å²) in [4.78, 5) is 35.9. The zero-order chi connectivity index (χ0) is 19.9. The fourth-order valence-electron chi connectivity index (χ4n) is 1.84. The highest BCUT2D eigenvalue weighted by molar-refractivity contribution is 5.98. The van der Waals surface area contributed by atoms with Gasteiger partial charge in [0.05, 0.1) is 12.2 Å². The molecule has 144 valence electrons. The molecule has 1 rings (SSSR count). The van der Waals surface area contributed by atoms with E-state index in [-0.39, 0.29) is 5.56 Å². The summed E-state index contributed by atoms with van der Waals surface area (Å²) < 4.78 is 10.7. The molecule has 0 aliphatic heterocycles. The number of imide groups is 1. The smallest absolute Gasteiger partial charge is 0.339 e. The highest BCUT2D eigenvalue weighted by Crippen LogP contribution is 2.15. The standard InChI is InChI=1S/C19H28N2O5/c1-12(2)11-25-15-9-7-8-14(10-15)17(23)26-13(3)16(22)20-18(24)21-19(4,5)6/h7-10,12-13H,11H2,1-6H3,(H2,20,21,22,24)/t13-/m0/s1. The number of rotatable bonds is 6. The Morgan fingerprint density at radius 2 is 1.77 bits per heavy atom. The van der Waals surface area contributed by atoms with Crippen LogP contribution >= 0.6 is 0 Å². The number of nitrogens with one attached hydrogen (secondary N) is 2. The predicted molar refractivity (Wildman–Crippen MR) is 98.1 cm³/mol. The number of amides is 3. The minimum Gasteiger partial charge on any atom is -0.493 e. The van der Waals surface area contributed by atoms with Gasteiger partial charge in [0, 0.05) is 5.54 Å². The van der Waals surface area contributed by atoms with E-state index in [4.69, 9.17) is 9.47 Å². The van der Waals surface area contributed by atoms with Gasteiger partial charge < -0.3 is 14.8 Å². The first-order chi connectivity index (χ1) is 12.0. The number of carbonyl (C=O) groups is 3. The summed E-state index contributed by atoms with van der Waals surface area (Å²) in [5, 5.41) is 4.74. The third kappa shape index (κ3) is 8.00. The molecule has 0 aromatic heterocycles. The molecule has 7 heteroatoms. The summed E-state index contributed by atoms with van der Waals surface area (Å²) in [7, 11) is 0. The van der Waals surface area contributed by atoms with Crippen molar-refractivity contribution in [2.75, 3.05) is 6.61 Å². The Hall–Kier alpha value is -2.57. The number of carbonyl (C=O) groups excluding carboxylic acids is 3. The molecule has 0 unspecified atom stereocenters. The lowest BCUT2D eigenvalue weighted by molar-refractivity contribution is -0.127. The molecule has 0 aliphatic rings. The van der Waals surface area contributed by atoms with Gasteiger partial charge in [-0.1, -0.05) is 19.9 Å². The summed E-state index contributed by atoms with van der Waals surface area (Å²) in [6, 6.07) is 5.90. The van der Waals surface area contributed by atoms with Crippen molar-refractivity contribution in [2.24, 2.45) is 5.92 Å². The molecule has 0 fully saturated rings. The first-order valence-corrected chi connectivity index (χ1v) is 8.55. The molecule has 7 nitrogen and oxygen atoms in total. The molecule has 3 amide bonds. The predicted octanol–water partition coefficient (Wildman–Crippen LogP) is 2.89. The normalized spacial score (nSPS) is 12.3. The van der Waals surface area contributed by atoms with Gasteiger partial charge in [0.15, 0.2) is 6.10 Å². The maximum absolute atomic E-state index is 12.2. The average Bonchev–Trinajstić information content (AvgIpc) is 2.51. The number of esters is 1. The molecular weight excluding hydrogens is 336 g/mol. The maximum Gasteiger partial charge on any atom is 0.339 e. The van der Waals surface area contributed by atoms with Gasteiger partial charge >= 0.3 is 12.0 Å². The van der Waals surface area contributed by atoms with E-state index in [1.54, 1.807) is 45.0 Å². The van der Waals surface area contributed by atoms with Gasteiger partial charge in [-0.25, -0.2) is 9.59 Å². The van der Waals surface area contributed by atoms with Crippen molar-refractivity contribution in [3.05, 3.63) is 29.8 Å². The SMILES string of the molecule is CC(C)COc1cccc(C(=O)O[C@@H](C)C(=O)NC(=O)NC(C)(C)C)c1. The minimum absolute atomic E-state index is 0.269. The summed E-state index contributed by atoms with van der Waals surface area (Å²) in [6.07, 6.45) is -1.12. The molecule has 0 aliphatic carbocycles. The third-order valence-corrected chi connectivity index (χ3v) is 3.03. The topological polar surface area (TPSA) is 93.7 Å². The Labute approximate surface area is 154 Å². The highest BCUT2D eigenvalue weighted by Gasteiger charge is 2.22. The number of benzene rings is 1. The Balaban J connectivity index is 2.62. The van der Waals surface area contributed by atoms with Crippen LogP contribution in [0.1, 0.15) is 51.9 Å².